The van der Waals surface area contributed by atoms with E-state index < -0.39 is 0 Å². The molecule has 1 aliphatic carbocycles. The van der Waals surface area contributed by atoms with Crippen LogP contribution in [0.1, 0.15) is 48.0 Å². The van der Waals surface area contributed by atoms with Gasteiger partial charge in [0.25, 0.3) is 5.91 Å². The lowest BCUT2D eigenvalue weighted by atomic mass is 9.99. The van der Waals surface area contributed by atoms with E-state index in [0.717, 1.165) is 94.3 Å². The fraction of sp³-hybridized carbons (Fsp3) is 0.520. The maximum absolute atomic E-state index is 12.5. The Morgan fingerprint density at radius 2 is 1.88 bits per heavy atom. The number of carbonyl (C=O) groups excluding carboxylic acids is 2. The number of carbonyl (C=O) groups is 2. The van der Waals surface area contributed by atoms with E-state index in [2.05, 4.69) is 36.4 Å². The molecule has 6 rings (SSSR count). The summed E-state index contributed by atoms with van der Waals surface area (Å²) in [5, 5.41) is 6.09. The zero-order valence-electron chi connectivity index (χ0n) is 19.4. The number of pyridine rings is 2. The molecule has 34 heavy (non-hydrogen) atoms. The van der Waals surface area contributed by atoms with E-state index in [1.807, 2.05) is 18.3 Å². The normalized spacial score (nSPS) is 22.6. The fourth-order valence-corrected chi connectivity index (χ4v) is 5.18. The second kappa shape index (κ2) is 8.87. The number of piperazine rings is 1. The molecular formula is C25H31N7O2. The van der Waals surface area contributed by atoms with Gasteiger partial charge in [0.15, 0.2) is 5.82 Å². The van der Waals surface area contributed by atoms with Gasteiger partial charge >= 0.3 is 0 Å². The molecule has 3 fully saturated rings. The van der Waals surface area contributed by atoms with Crippen molar-refractivity contribution < 1.29 is 9.59 Å². The molecule has 2 aromatic rings. The number of hydrogen-bond donors (Lipinski definition) is 2. The van der Waals surface area contributed by atoms with Crippen LogP contribution in [0.4, 0.5) is 17.3 Å². The van der Waals surface area contributed by atoms with Crippen molar-refractivity contribution in [2.75, 3.05) is 47.8 Å². The average Bonchev–Trinajstić information content (AvgIpc) is 3.69. The van der Waals surface area contributed by atoms with Crippen LogP contribution in [-0.2, 0) is 11.3 Å². The SMILES string of the molecule is O=C(NC1CC1)c1ccc(N2CCN(Cc3cnc4c(c3)NC(=O)C3CCCCN43)CC2)nc1. The van der Waals surface area contributed by atoms with Crippen LogP contribution in [-0.4, -0.2) is 71.5 Å². The Bertz CT molecular complexity index is 1080. The highest BCUT2D eigenvalue weighted by molar-refractivity contribution is 6.03. The van der Waals surface area contributed by atoms with Gasteiger partial charge in [-0.15, -0.1) is 0 Å². The quantitative estimate of drug-likeness (QED) is 0.703. The van der Waals surface area contributed by atoms with Crippen LogP contribution in [0.15, 0.2) is 30.6 Å². The summed E-state index contributed by atoms with van der Waals surface area (Å²) in [5.41, 5.74) is 2.58. The van der Waals surface area contributed by atoms with Crippen molar-refractivity contribution in [3.63, 3.8) is 0 Å². The van der Waals surface area contributed by atoms with Gasteiger partial charge in [-0.05, 0) is 55.9 Å². The summed E-state index contributed by atoms with van der Waals surface area (Å²) in [6, 6.07) is 6.18. The van der Waals surface area contributed by atoms with Crippen LogP contribution in [0.25, 0.3) is 0 Å². The number of nitrogens with one attached hydrogen (secondary N) is 2. The van der Waals surface area contributed by atoms with Crippen molar-refractivity contribution in [3.05, 3.63) is 41.7 Å². The number of piperidine rings is 1. The monoisotopic (exact) mass is 461 g/mol. The molecule has 4 aliphatic rings. The number of aromatic nitrogens is 2. The molecule has 9 heteroatoms. The molecule has 1 saturated carbocycles. The highest BCUT2D eigenvalue weighted by atomic mass is 16.2. The average molecular weight is 462 g/mol. The van der Waals surface area contributed by atoms with Gasteiger partial charge in [-0.1, -0.05) is 0 Å². The van der Waals surface area contributed by atoms with Crippen LogP contribution >= 0.6 is 0 Å². The molecule has 5 heterocycles. The van der Waals surface area contributed by atoms with Crippen molar-refractivity contribution in [2.24, 2.45) is 0 Å². The third-order valence-corrected chi connectivity index (χ3v) is 7.28. The summed E-state index contributed by atoms with van der Waals surface area (Å²) in [4.78, 5) is 40.9. The van der Waals surface area contributed by atoms with Crippen molar-refractivity contribution >= 4 is 29.1 Å². The van der Waals surface area contributed by atoms with Crippen LogP contribution in [0, 0.1) is 0 Å². The molecule has 3 aliphatic heterocycles. The molecule has 0 spiro atoms. The Morgan fingerprint density at radius 1 is 1.03 bits per heavy atom. The Hall–Kier alpha value is -3.20. The predicted octanol–water partition coefficient (Wildman–Crippen LogP) is 2.00. The van der Waals surface area contributed by atoms with E-state index in [1.165, 1.54) is 0 Å². The lowest BCUT2D eigenvalue weighted by Gasteiger charge is -2.40. The van der Waals surface area contributed by atoms with Gasteiger partial charge in [0.05, 0.1) is 11.3 Å². The Balaban J connectivity index is 1.05. The van der Waals surface area contributed by atoms with Gasteiger partial charge in [0, 0.05) is 57.7 Å². The molecule has 9 nitrogen and oxygen atoms in total. The molecule has 1 atom stereocenters. The minimum Gasteiger partial charge on any atom is -0.354 e. The molecule has 2 amide bonds. The van der Waals surface area contributed by atoms with E-state index in [9.17, 15) is 9.59 Å². The van der Waals surface area contributed by atoms with Gasteiger partial charge in [-0.3, -0.25) is 14.5 Å². The smallest absolute Gasteiger partial charge is 0.253 e. The van der Waals surface area contributed by atoms with Gasteiger partial charge in [0.2, 0.25) is 5.91 Å². The number of fused-ring (bicyclic) bond motifs is 3. The lowest BCUT2D eigenvalue weighted by molar-refractivity contribution is -0.118. The molecule has 2 saturated heterocycles. The van der Waals surface area contributed by atoms with Gasteiger partial charge < -0.3 is 20.4 Å². The summed E-state index contributed by atoms with van der Waals surface area (Å²) >= 11 is 0. The first-order valence-electron chi connectivity index (χ1n) is 12.4. The third kappa shape index (κ3) is 4.32. The van der Waals surface area contributed by atoms with Crippen LogP contribution in [0.5, 0.6) is 0 Å². The zero-order chi connectivity index (χ0) is 23.1. The molecule has 1 unspecified atom stereocenters. The highest BCUT2D eigenvalue weighted by Gasteiger charge is 2.35. The first-order valence-corrected chi connectivity index (χ1v) is 12.4. The van der Waals surface area contributed by atoms with Crippen molar-refractivity contribution in [2.45, 2.75) is 50.7 Å². The lowest BCUT2D eigenvalue weighted by Crippen LogP contribution is -2.51. The minimum atomic E-state index is -0.0667. The Morgan fingerprint density at radius 3 is 2.65 bits per heavy atom. The maximum atomic E-state index is 12.5. The van der Waals surface area contributed by atoms with Crippen molar-refractivity contribution in [3.8, 4) is 0 Å². The number of hydrogen-bond acceptors (Lipinski definition) is 7. The molecule has 0 aromatic carbocycles. The molecule has 2 aromatic heterocycles. The number of rotatable bonds is 5. The van der Waals surface area contributed by atoms with Gasteiger partial charge in [-0.25, -0.2) is 9.97 Å². The second-order valence-electron chi connectivity index (χ2n) is 9.82. The first-order chi connectivity index (χ1) is 16.6. The first kappa shape index (κ1) is 21.3. The van der Waals surface area contributed by atoms with E-state index in [-0.39, 0.29) is 17.9 Å². The van der Waals surface area contributed by atoms with Crippen LogP contribution < -0.4 is 20.4 Å². The Labute approximate surface area is 199 Å². The topological polar surface area (TPSA) is 93.7 Å². The molecule has 178 valence electrons. The standard InChI is InChI=1S/C25H31N7O2/c33-24(28-19-5-6-19)18-4-7-22(26-15-18)31-11-9-30(10-12-31)16-17-13-20-23(27-14-17)32-8-2-1-3-21(32)25(34)29-20/h4,7,13-15,19,21H,1-3,5-6,8-12,16H2,(H,28,33)(H,29,34). The van der Waals surface area contributed by atoms with Crippen molar-refractivity contribution in [1.29, 1.82) is 0 Å². The summed E-state index contributed by atoms with van der Waals surface area (Å²) in [5.74, 6) is 1.90. The number of anilines is 3. The zero-order valence-corrected chi connectivity index (χ0v) is 19.4. The highest BCUT2D eigenvalue weighted by Crippen LogP contribution is 2.34. The molecule has 0 bridgehead atoms. The van der Waals surface area contributed by atoms with E-state index in [4.69, 9.17) is 4.98 Å². The summed E-state index contributed by atoms with van der Waals surface area (Å²) < 4.78 is 0. The summed E-state index contributed by atoms with van der Waals surface area (Å²) in [7, 11) is 0. The van der Waals surface area contributed by atoms with E-state index >= 15 is 0 Å². The maximum Gasteiger partial charge on any atom is 0.253 e. The summed E-state index contributed by atoms with van der Waals surface area (Å²) in [6.07, 6.45) is 8.92. The molecule has 2 N–H and O–H groups in total. The Kier molecular flexibility index (Phi) is 5.57. The second-order valence-corrected chi connectivity index (χ2v) is 9.82. The van der Waals surface area contributed by atoms with Gasteiger partial charge in [0.1, 0.15) is 11.9 Å². The third-order valence-electron chi connectivity index (χ3n) is 7.28. The minimum absolute atomic E-state index is 0.0305. The predicted molar refractivity (Wildman–Crippen MR) is 130 cm³/mol. The summed E-state index contributed by atoms with van der Waals surface area (Å²) in [6.45, 7) is 5.31. The van der Waals surface area contributed by atoms with Crippen LogP contribution in [0.3, 0.4) is 0 Å². The molecule has 0 radical (unpaired) electrons. The fourth-order valence-electron chi connectivity index (χ4n) is 5.18. The number of amides is 2. The van der Waals surface area contributed by atoms with E-state index in [0.29, 0.717) is 11.6 Å². The van der Waals surface area contributed by atoms with E-state index in [1.54, 1.807) is 6.20 Å². The molecular weight excluding hydrogens is 430 g/mol. The van der Waals surface area contributed by atoms with Crippen molar-refractivity contribution in [1.82, 2.24) is 20.2 Å². The van der Waals surface area contributed by atoms with Gasteiger partial charge in [-0.2, -0.15) is 0 Å². The largest absolute Gasteiger partial charge is 0.354 e. The van der Waals surface area contributed by atoms with Crippen LogP contribution in [0.2, 0.25) is 0 Å². The number of nitrogens with zero attached hydrogens (tertiary/aromatic N) is 5.